The minimum Gasteiger partial charge on any atom is -0.355 e. The second-order valence-corrected chi connectivity index (χ2v) is 4.71. The third-order valence-electron chi connectivity index (χ3n) is 2.58. The molecule has 1 atom stereocenters. The molecule has 94 valence electrons. The summed E-state index contributed by atoms with van der Waals surface area (Å²) in [5.41, 5.74) is 1.20. The minimum atomic E-state index is 0.0569. The first-order chi connectivity index (χ1) is 8.09. The Morgan fingerprint density at radius 2 is 1.82 bits per heavy atom. The highest BCUT2D eigenvalue weighted by atomic mass is 16.1. The fraction of sp³-hybridized carbons (Fsp3) is 0.500. The van der Waals surface area contributed by atoms with Crippen molar-refractivity contribution in [2.24, 2.45) is 5.92 Å². The normalized spacial score (nSPS) is 12.5. The number of carbonyl (C=O) groups is 1. The van der Waals surface area contributed by atoms with Gasteiger partial charge in [0.2, 0.25) is 5.91 Å². The Morgan fingerprint density at radius 3 is 2.41 bits per heavy atom. The zero-order chi connectivity index (χ0) is 12.7. The summed E-state index contributed by atoms with van der Waals surface area (Å²) < 4.78 is 0. The molecule has 1 amide bonds. The largest absolute Gasteiger partial charge is 0.355 e. The number of hydrogen-bond donors (Lipinski definition) is 2. The Hall–Kier alpha value is -1.35. The van der Waals surface area contributed by atoms with E-state index in [2.05, 4.69) is 43.5 Å². The predicted octanol–water partition coefficient (Wildman–Crippen LogP) is 2.11. The molecular formula is C14H22N2O. The summed E-state index contributed by atoms with van der Waals surface area (Å²) in [5.74, 6) is 0.548. The molecule has 0 bridgehead atoms. The van der Waals surface area contributed by atoms with Crippen molar-refractivity contribution in [3.05, 3.63) is 35.9 Å². The van der Waals surface area contributed by atoms with Crippen LogP contribution in [0.2, 0.25) is 0 Å². The van der Waals surface area contributed by atoms with Crippen LogP contribution in [0.15, 0.2) is 30.3 Å². The molecule has 17 heavy (non-hydrogen) atoms. The van der Waals surface area contributed by atoms with Crippen LogP contribution in [-0.4, -0.2) is 19.0 Å². The van der Waals surface area contributed by atoms with Crippen LogP contribution in [0.4, 0.5) is 0 Å². The van der Waals surface area contributed by atoms with Crippen molar-refractivity contribution in [2.75, 3.05) is 13.1 Å². The number of nitrogens with one attached hydrogen (secondary N) is 2. The molecule has 1 rings (SSSR count). The van der Waals surface area contributed by atoms with E-state index in [0.717, 1.165) is 6.54 Å². The van der Waals surface area contributed by atoms with Gasteiger partial charge in [-0.2, -0.15) is 0 Å². The average Bonchev–Trinajstić information content (AvgIpc) is 2.34. The second-order valence-electron chi connectivity index (χ2n) is 4.71. The molecule has 2 N–H and O–H groups in total. The quantitative estimate of drug-likeness (QED) is 0.791. The molecular weight excluding hydrogens is 212 g/mol. The summed E-state index contributed by atoms with van der Waals surface area (Å²) in [4.78, 5) is 11.5. The van der Waals surface area contributed by atoms with Gasteiger partial charge < -0.3 is 10.6 Å². The van der Waals surface area contributed by atoms with E-state index in [1.54, 1.807) is 0 Å². The Balaban J connectivity index is 2.29. The lowest BCUT2D eigenvalue weighted by atomic mass is 10.1. The fourth-order valence-corrected chi connectivity index (χ4v) is 1.49. The van der Waals surface area contributed by atoms with E-state index in [1.165, 1.54) is 5.56 Å². The molecule has 0 aliphatic carbocycles. The van der Waals surface area contributed by atoms with Gasteiger partial charge in [0.1, 0.15) is 0 Å². The van der Waals surface area contributed by atoms with Gasteiger partial charge in [-0.15, -0.1) is 0 Å². The second kappa shape index (κ2) is 7.07. The van der Waals surface area contributed by atoms with E-state index in [0.29, 0.717) is 12.5 Å². The molecule has 0 aliphatic heterocycles. The molecule has 0 aliphatic rings. The van der Waals surface area contributed by atoms with Crippen LogP contribution in [0.3, 0.4) is 0 Å². The number of rotatable bonds is 6. The van der Waals surface area contributed by atoms with Gasteiger partial charge in [0.15, 0.2) is 0 Å². The predicted molar refractivity (Wildman–Crippen MR) is 70.7 cm³/mol. The summed E-state index contributed by atoms with van der Waals surface area (Å²) in [6.45, 7) is 7.33. The molecule has 0 spiro atoms. The fourth-order valence-electron chi connectivity index (χ4n) is 1.49. The van der Waals surface area contributed by atoms with Crippen molar-refractivity contribution in [1.29, 1.82) is 0 Å². The lowest BCUT2D eigenvalue weighted by Gasteiger charge is -2.14. The van der Waals surface area contributed by atoms with Crippen LogP contribution in [0.5, 0.6) is 0 Å². The van der Waals surface area contributed by atoms with Crippen LogP contribution < -0.4 is 10.6 Å². The van der Waals surface area contributed by atoms with Crippen molar-refractivity contribution in [3.8, 4) is 0 Å². The summed E-state index contributed by atoms with van der Waals surface area (Å²) in [6, 6.07) is 10.3. The topological polar surface area (TPSA) is 41.1 Å². The van der Waals surface area contributed by atoms with E-state index in [4.69, 9.17) is 0 Å². The monoisotopic (exact) mass is 234 g/mol. The number of benzene rings is 1. The third-order valence-corrected chi connectivity index (χ3v) is 2.58. The van der Waals surface area contributed by atoms with Crippen LogP contribution in [0, 0.1) is 5.92 Å². The SMILES string of the molecule is CC(C)CNC(=O)CN[C@@H](C)c1ccccc1. The number of amides is 1. The standard InChI is InChI=1S/C14H22N2O/c1-11(2)9-16-14(17)10-15-12(3)13-7-5-4-6-8-13/h4-8,11-12,15H,9-10H2,1-3H3,(H,16,17)/t12-/m0/s1. The maximum Gasteiger partial charge on any atom is 0.233 e. The van der Waals surface area contributed by atoms with Gasteiger partial charge in [0.05, 0.1) is 6.54 Å². The van der Waals surface area contributed by atoms with Gasteiger partial charge in [0.25, 0.3) is 0 Å². The van der Waals surface area contributed by atoms with Crippen molar-refractivity contribution in [3.63, 3.8) is 0 Å². The Kier molecular flexibility index (Phi) is 5.70. The van der Waals surface area contributed by atoms with Gasteiger partial charge in [0, 0.05) is 12.6 Å². The summed E-state index contributed by atoms with van der Waals surface area (Å²) in [6.07, 6.45) is 0. The highest BCUT2D eigenvalue weighted by molar-refractivity contribution is 5.78. The molecule has 0 aromatic heterocycles. The van der Waals surface area contributed by atoms with Crippen molar-refractivity contribution < 1.29 is 4.79 Å². The Bertz CT molecular complexity index is 335. The highest BCUT2D eigenvalue weighted by Gasteiger charge is 2.07. The lowest BCUT2D eigenvalue weighted by molar-refractivity contribution is -0.120. The first kappa shape index (κ1) is 13.7. The lowest BCUT2D eigenvalue weighted by Crippen LogP contribution is -2.36. The van der Waals surface area contributed by atoms with E-state index in [9.17, 15) is 4.79 Å². The van der Waals surface area contributed by atoms with Gasteiger partial charge in [-0.3, -0.25) is 4.79 Å². The zero-order valence-corrected chi connectivity index (χ0v) is 10.9. The first-order valence-corrected chi connectivity index (χ1v) is 6.14. The molecule has 0 heterocycles. The Morgan fingerprint density at radius 1 is 1.18 bits per heavy atom. The maximum atomic E-state index is 11.5. The van der Waals surface area contributed by atoms with Crippen LogP contribution in [0.25, 0.3) is 0 Å². The number of carbonyl (C=O) groups excluding carboxylic acids is 1. The molecule has 3 heteroatoms. The van der Waals surface area contributed by atoms with Crippen molar-refractivity contribution >= 4 is 5.91 Å². The summed E-state index contributed by atoms with van der Waals surface area (Å²) in [5, 5.41) is 6.10. The summed E-state index contributed by atoms with van der Waals surface area (Å²) >= 11 is 0. The Labute approximate surface area is 104 Å². The van der Waals surface area contributed by atoms with Gasteiger partial charge >= 0.3 is 0 Å². The average molecular weight is 234 g/mol. The molecule has 0 radical (unpaired) electrons. The van der Waals surface area contributed by atoms with E-state index < -0.39 is 0 Å². The zero-order valence-electron chi connectivity index (χ0n) is 10.9. The van der Waals surface area contributed by atoms with E-state index in [-0.39, 0.29) is 11.9 Å². The minimum absolute atomic E-state index is 0.0569. The van der Waals surface area contributed by atoms with Crippen LogP contribution >= 0.6 is 0 Å². The van der Waals surface area contributed by atoms with Crippen molar-refractivity contribution in [1.82, 2.24) is 10.6 Å². The van der Waals surface area contributed by atoms with E-state index >= 15 is 0 Å². The highest BCUT2D eigenvalue weighted by Crippen LogP contribution is 2.10. The molecule has 3 nitrogen and oxygen atoms in total. The molecule has 0 unspecified atom stereocenters. The number of hydrogen-bond acceptors (Lipinski definition) is 2. The first-order valence-electron chi connectivity index (χ1n) is 6.14. The van der Waals surface area contributed by atoms with Gasteiger partial charge in [-0.05, 0) is 18.4 Å². The maximum absolute atomic E-state index is 11.5. The molecule has 0 fully saturated rings. The van der Waals surface area contributed by atoms with Crippen molar-refractivity contribution in [2.45, 2.75) is 26.8 Å². The molecule has 0 saturated heterocycles. The van der Waals surface area contributed by atoms with Gasteiger partial charge in [-0.1, -0.05) is 44.2 Å². The third kappa shape index (κ3) is 5.50. The van der Waals surface area contributed by atoms with Crippen LogP contribution in [-0.2, 0) is 4.79 Å². The summed E-state index contributed by atoms with van der Waals surface area (Å²) in [7, 11) is 0. The van der Waals surface area contributed by atoms with Gasteiger partial charge in [-0.25, -0.2) is 0 Å². The van der Waals surface area contributed by atoms with E-state index in [1.807, 2.05) is 18.2 Å². The molecule has 0 saturated carbocycles. The molecule has 1 aromatic rings. The van der Waals surface area contributed by atoms with Crippen LogP contribution in [0.1, 0.15) is 32.4 Å². The molecule has 1 aromatic carbocycles. The smallest absolute Gasteiger partial charge is 0.233 e.